The van der Waals surface area contributed by atoms with Crippen molar-refractivity contribution in [2.75, 3.05) is 13.2 Å². The van der Waals surface area contributed by atoms with E-state index in [1.807, 2.05) is 6.08 Å². The van der Waals surface area contributed by atoms with E-state index in [-0.39, 0.29) is 18.5 Å². The van der Waals surface area contributed by atoms with Crippen molar-refractivity contribution in [3.05, 3.63) is 12.2 Å². The highest BCUT2D eigenvalue weighted by atomic mass is 16.5. The molecular weight excluding hydrogens is 815 g/mol. The molecule has 2 atom stereocenters. The minimum atomic E-state index is -0.844. The summed E-state index contributed by atoms with van der Waals surface area (Å²) in [6, 6.07) is -0.628. The van der Waals surface area contributed by atoms with Crippen molar-refractivity contribution in [1.82, 2.24) is 5.32 Å². The van der Waals surface area contributed by atoms with Gasteiger partial charge >= 0.3 is 5.97 Å². The first-order valence-electron chi connectivity index (χ1n) is 30.0. The van der Waals surface area contributed by atoms with Gasteiger partial charge in [0.25, 0.3) is 0 Å². The van der Waals surface area contributed by atoms with E-state index in [0.29, 0.717) is 19.4 Å². The fourth-order valence-electron chi connectivity index (χ4n) is 9.46. The van der Waals surface area contributed by atoms with Crippen molar-refractivity contribution >= 4 is 11.9 Å². The molecule has 2 unspecified atom stereocenters. The van der Waals surface area contributed by atoms with E-state index < -0.39 is 12.1 Å². The van der Waals surface area contributed by atoms with Gasteiger partial charge in [0.2, 0.25) is 5.91 Å². The first kappa shape index (κ1) is 64.6. The summed E-state index contributed by atoms with van der Waals surface area (Å²) in [5, 5.41) is 23.1. The van der Waals surface area contributed by atoms with Crippen molar-refractivity contribution in [2.45, 2.75) is 347 Å². The van der Waals surface area contributed by atoms with Gasteiger partial charge in [0, 0.05) is 12.8 Å². The number of esters is 1. The molecular formula is C60H117NO5. The van der Waals surface area contributed by atoms with Gasteiger partial charge in [-0.1, -0.05) is 302 Å². The lowest BCUT2D eigenvalue weighted by atomic mass is 10.0. The van der Waals surface area contributed by atoms with Gasteiger partial charge in [0.15, 0.2) is 0 Å². The molecule has 0 spiro atoms. The number of amides is 1. The fraction of sp³-hybridized carbons (Fsp3) is 0.933. The van der Waals surface area contributed by atoms with Gasteiger partial charge in [0.1, 0.15) is 0 Å². The number of rotatable bonds is 56. The highest BCUT2D eigenvalue weighted by Crippen LogP contribution is 2.18. The standard InChI is InChI=1S/C60H117NO5/c1-3-5-7-9-11-13-15-17-25-30-34-38-42-46-50-54-60(65)66-55-51-47-43-39-35-31-27-24-22-20-19-21-23-26-29-33-37-41-45-49-53-59(64)61-57(56-62)58(63)52-48-44-40-36-32-28-18-16-14-12-10-8-6-4-2/h48,52,57-58,62-63H,3-47,49-51,53-56H2,1-2H3,(H,61,64)/b52-48+. The van der Waals surface area contributed by atoms with Gasteiger partial charge < -0.3 is 20.3 Å². The second-order valence-electron chi connectivity index (χ2n) is 20.7. The van der Waals surface area contributed by atoms with Crippen LogP contribution in [0, 0.1) is 0 Å². The van der Waals surface area contributed by atoms with Crippen LogP contribution < -0.4 is 5.32 Å². The number of carbonyl (C=O) groups is 2. The Labute approximate surface area is 412 Å². The lowest BCUT2D eigenvalue weighted by Gasteiger charge is -2.20. The van der Waals surface area contributed by atoms with Crippen LogP contribution in [-0.4, -0.2) is 47.4 Å². The van der Waals surface area contributed by atoms with E-state index in [1.165, 1.54) is 270 Å². The molecule has 0 aromatic heterocycles. The third-order valence-electron chi connectivity index (χ3n) is 14.1. The monoisotopic (exact) mass is 932 g/mol. The van der Waals surface area contributed by atoms with Gasteiger partial charge in [-0.3, -0.25) is 9.59 Å². The Balaban J connectivity index is 3.39. The summed E-state index contributed by atoms with van der Waals surface area (Å²) in [4.78, 5) is 24.5. The van der Waals surface area contributed by atoms with E-state index in [2.05, 4.69) is 19.2 Å². The zero-order valence-corrected chi connectivity index (χ0v) is 44.7. The number of hydrogen-bond donors (Lipinski definition) is 3. The molecule has 0 heterocycles. The van der Waals surface area contributed by atoms with E-state index in [1.54, 1.807) is 6.08 Å². The van der Waals surface area contributed by atoms with Crippen molar-refractivity contribution in [1.29, 1.82) is 0 Å². The number of hydrogen-bond acceptors (Lipinski definition) is 5. The van der Waals surface area contributed by atoms with Gasteiger partial charge in [-0.25, -0.2) is 0 Å². The number of aliphatic hydroxyl groups excluding tert-OH is 2. The predicted molar refractivity (Wildman–Crippen MR) is 287 cm³/mol. The van der Waals surface area contributed by atoms with Crippen LogP contribution in [0.2, 0.25) is 0 Å². The summed E-state index contributed by atoms with van der Waals surface area (Å²) >= 11 is 0. The predicted octanol–water partition coefficient (Wildman–Crippen LogP) is 18.5. The molecule has 6 nitrogen and oxygen atoms in total. The zero-order chi connectivity index (χ0) is 47.9. The van der Waals surface area contributed by atoms with Crippen LogP contribution in [0.1, 0.15) is 335 Å². The summed E-state index contributed by atoms with van der Waals surface area (Å²) in [5.41, 5.74) is 0. The van der Waals surface area contributed by atoms with Crippen LogP contribution >= 0.6 is 0 Å². The second-order valence-corrected chi connectivity index (χ2v) is 20.7. The number of aliphatic hydroxyl groups is 2. The lowest BCUT2D eigenvalue weighted by Crippen LogP contribution is -2.45. The van der Waals surface area contributed by atoms with E-state index in [9.17, 15) is 19.8 Å². The SMILES string of the molecule is CCCCCCCCCCCCCC/C=C/C(O)C(CO)NC(=O)CCCCCCCCCCCCCCCCCCCCCCOC(=O)CCCCCCCCCCCCCCCCC. The third-order valence-corrected chi connectivity index (χ3v) is 14.1. The Hall–Kier alpha value is -1.40. The highest BCUT2D eigenvalue weighted by molar-refractivity contribution is 5.76. The maximum atomic E-state index is 12.4. The minimum absolute atomic E-state index is 0.0133. The molecule has 0 rings (SSSR count). The molecule has 392 valence electrons. The van der Waals surface area contributed by atoms with E-state index >= 15 is 0 Å². The van der Waals surface area contributed by atoms with Crippen LogP contribution in [0.5, 0.6) is 0 Å². The van der Waals surface area contributed by atoms with Crippen LogP contribution in [0.15, 0.2) is 12.2 Å². The molecule has 1 amide bonds. The van der Waals surface area contributed by atoms with E-state index in [4.69, 9.17) is 4.74 Å². The first-order valence-corrected chi connectivity index (χ1v) is 30.0. The number of nitrogens with one attached hydrogen (secondary N) is 1. The molecule has 0 aliphatic heterocycles. The molecule has 0 aliphatic carbocycles. The minimum Gasteiger partial charge on any atom is -0.466 e. The molecule has 6 heteroatoms. The van der Waals surface area contributed by atoms with E-state index in [0.717, 1.165) is 38.5 Å². The van der Waals surface area contributed by atoms with Crippen LogP contribution in [0.4, 0.5) is 0 Å². The van der Waals surface area contributed by atoms with Gasteiger partial charge in [-0.05, 0) is 32.1 Å². The average molecular weight is 933 g/mol. The molecule has 3 N–H and O–H groups in total. The molecule has 0 aromatic rings. The van der Waals surface area contributed by atoms with Crippen molar-refractivity contribution in [3.63, 3.8) is 0 Å². The summed E-state index contributed by atoms with van der Waals surface area (Å²) in [6.07, 6.45) is 66.7. The van der Waals surface area contributed by atoms with Gasteiger partial charge in [0.05, 0.1) is 25.4 Å². The molecule has 0 saturated carbocycles. The number of allylic oxidation sites excluding steroid dienone is 1. The largest absolute Gasteiger partial charge is 0.466 e. The van der Waals surface area contributed by atoms with Crippen molar-refractivity contribution in [3.8, 4) is 0 Å². The molecule has 0 fully saturated rings. The Kier molecular flexibility index (Phi) is 55.0. The van der Waals surface area contributed by atoms with Crippen LogP contribution in [-0.2, 0) is 14.3 Å². The van der Waals surface area contributed by atoms with Crippen molar-refractivity contribution < 1.29 is 24.5 Å². The molecule has 66 heavy (non-hydrogen) atoms. The first-order chi connectivity index (χ1) is 32.5. The second kappa shape index (κ2) is 56.2. The molecule has 0 aromatic carbocycles. The number of unbranched alkanes of at least 4 members (excludes halogenated alkanes) is 45. The quantitative estimate of drug-likeness (QED) is 0.0321. The van der Waals surface area contributed by atoms with Gasteiger partial charge in [-0.2, -0.15) is 0 Å². The molecule has 0 saturated heterocycles. The number of ether oxygens (including phenoxy) is 1. The highest BCUT2D eigenvalue weighted by Gasteiger charge is 2.18. The molecule has 0 radical (unpaired) electrons. The van der Waals surface area contributed by atoms with Crippen LogP contribution in [0.25, 0.3) is 0 Å². The summed E-state index contributed by atoms with van der Waals surface area (Å²) in [5.74, 6) is -0.0548. The summed E-state index contributed by atoms with van der Waals surface area (Å²) in [7, 11) is 0. The Morgan fingerprint density at radius 1 is 0.409 bits per heavy atom. The zero-order valence-electron chi connectivity index (χ0n) is 44.7. The van der Waals surface area contributed by atoms with Crippen LogP contribution in [0.3, 0.4) is 0 Å². The van der Waals surface area contributed by atoms with Gasteiger partial charge in [-0.15, -0.1) is 0 Å². The fourth-order valence-corrected chi connectivity index (χ4v) is 9.46. The average Bonchev–Trinajstić information content (AvgIpc) is 3.32. The summed E-state index contributed by atoms with van der Waals surface area (Å²) in [6.45, 7) is 4.92. The molecule has 0 aliphatic rings. The maximum absolute atomic E-state index is 12.4. The normalized spacial score (nSPS) is 12.6. The smallest absolute Gasteiger partial charge is 0.305 e. The Bertz CT molecular complexity index is 986. The molecule has 0 bridgehead atoms. The topological polar surface area (TPSA) is 95.9 Å². The van der Waals surface area contributed by atoms with Crippen molar-refractivity contribution in [2.24, 2.45) is 0 Å². The Morgan fingerprint density at radius 3 is 1.03 bits per heavy atom. The Morgan fingerprint density at radius 2 is 0.697 bits per heavy atom. The lowest BCUT2D eigenvalue weighted by molar-refractivity contribution is -0.143. The third kappa shape index (κ3) is 52.0. The summed E-state index contributed by atoms with van der Waals surface area (Å²) < 4.78 is 5.49. The maximum Gasteiger partial charge on any atom is 0.305 e. The number of carbonyl (C=O) groups excluding carboxylic acids is 2.